The number of hydrogen-bond acceptors (Lipinski definition) is 6. The zero-order valence-corrected chi connectivity index (χ0v) is 25.9. The van der Waals surface area contributed by atoms with Crippen molar-refractivity contribution in [2.45, 2.75) is 49.9 Å². The molecule has 0 bridgehead atoms. The van der Waals surface area contributed by atoms with Crippen LogP contribution >= 0.6 is 11.6 Å². The van der Waals surface area contributed by atoms with Gasteiger partial charge in [-0.3, -0.25) is 4.79 Å². The lowest BCUT2D eigenvalue weighted by molar-refractivity contribution is -0.274. The first-order valence-electron chi connectivity index (χ1n) is 14.7. The van der Waals surface area contributed by atoms with Crippen LogP contribution in [0.3, 0.4) is 0 Å². The molecular weight excluding hydrogens is 675 g/mol. The van der Waals surface area contributed by atoms with Gasteiger partial charge < -0.3 is 30.2 Å². The van der Waals surface area contributed by atoms with Crippen LogP contribution in [0.1, 0.15) is 35.4 Å². The minimum Gasteiger partial charge on any atom is -0.448 e. The zero-order valence-electron chi connectivity index (χ0n) is 25.1. The molecule has 0 unspecified atom stereocenters. The molecule has 0 aliphatic carbocycles. The summed E-state index contributed by atoms with van der Waals surface area (Å²) in [7, 11) is 0. The van der Waals surface area contributed by atoms with Gasteiger partial charge in [-0.15, -0.1) is 13.2 Å². The molecule has 3 aromatic rings. The van der Waals surface area contributed by atoms with Crippen molar-refractivity contribution in [3.63, 3.8) is 0 Å². The molecule has 1 fully saturated rings. The molecule has 3 atom stereocenters. The standard InChI is InChI=1S/C32H31ClF7N3O5/c33-21-8-4-19(5-9-21)26(20-6-10-23(11-7-20)48-32(38,39)40)14-29(44)43-28-3-1-2-27(34)25(28)13-12-24-15-41-22(16-46-24)17-47-30(45)42-18-31(35,36)37/h1-11,22,24,26,41H,12-18H2,(H,42,45)(H,43,44)/t22-,24+,26-/m0/s1. The van der Waals surface area contributed by atoms with Gasteiger partial charge in [0.1, 0.15) is 24.7 Å². The summed E-state index contributed by atoms with van der Waals surface area (Å²) in [4.78, 5) is 24.8. The Kier molecular flexibility index (Phi) is 12.5. The highest BCUT2D eigenvalue weighted by Gasteiger charge is 2.31. The molecule has 8 nitrogen and oxygen atoms in total. The highest BCUT2D eigenvalue weighted by Crippen LogP contribution is 2.32. The lowest BCUT2D eigenvalue weighted by atomic mass is 9.88. The lowest BCUT2D eigenvalue weighted by Gasteiger charge is -2.30. The van der Waals surface area contributed by atoms with Gasteiger partial charge in [0, 0.05) is 35.2 Å². The molecule has 1 heterocycles. The van der Waals surface area contributed by atoms with Crippen molar-refractivity contribution in [1.82, 2.24) is 10.6 Å². The van der Waals surface area contributed by atoms with Gasteiger partial charge in [0.15, 0.2) is 0 Å². The van der Waals surface area contributed by atoms with Gasteiger partial charge in [-0.2, -0.15) is 13.2 Å². The topological polar surface area (TPSA) is 97.9 Å². The molecule has 4 rings (SSSR count). The molecule has 48 heavy (non-hydrogen) atoms. The SMILES string of the molecule is O=C(C[C@@H](c1ccc(Cl)cc1)c1ccc(OC(F)(F)F)cc1)Nc1cccc(F)c1CC[C@@H]1CN[C@H](COC(=O)NCC(F)(F)F)CO1. The van der Waals surface area contributed by atoms with Crippen molar-refractivity contribution in [1.29, 1.82) is 0 Å². The number of carbonyl (C=O) groups is 2. The number of morpholine rings is 1. The average molecular weight is 706 g/mol. The summed E-state index contributed by atoms with van der Waals surface area (Å²) >= 11 is 6.03. The van der Waals surface area contributed by atoms with E-state index in [9.17, 15) is 40.3 Å². The van der Waals surface area contributed by atoms with Gasteiger partial charge in [-0.25, -0.2) is 9.18 Å². The van der Waals surface area contributed by atoms with Crippen LogP contribution in [-0.4, -0.2) is 63.0 Å². The van der Waals surface area contributed by atoms with E-state index in [4.69, 9.17) is 21.1 Å². The average Bonchev–Trinajstić information content (AvgIpc) is 3.02. The Morgan fingerprint density at radius 1 is 0.979 bits per heavy atom. The van der Waals surface area contributed by atoms with Crippen molar-refractivity contribution >= 4 is 29.3 Å². The van der Waals surface area contributed by atoms with E-state index in [1.54, 1.807) is 35.6 Å². The third-order valence-electron chi connectivity index (χ3n) is 7.30. The summed E-state index contributed by atoms with van der Waals surface area (Å²) in [5.41, 5.74) is 1.68. The molecule has 0 saturated carbocycles. The van der Waals surface area contributed by atoms with E-state index >= 15 is 0 Å². The number of ether oxygens (including phenoxy) is 3. The van der Waals surface area contributed by atoms with E-state index in [1.165, 1.54) is 24.3 Å². The molecular formula is C32H31ClF7N3O5. The van der Waals surface area contributed by atoms with Gasteiger partial charge in [0.25, 0.3) is 0 Å². The smallest absolute Gasteiger partial charge is 0.448 e. The number of anilines is 1. The van der Waals surface area contributed by atoms with Crippen LogP contribution in [0.4, 0.5) is 41.2 Å². The van der Waals surface area contributed by atoms with Crippen molar-refractivity contribution in [2.75, 3.05) is 31.6 Å². The Bertz CT molecular complexity index is 1510. The molecule has 0 radical (unpaired) electrons. The normalized spacial score (nSPS) is 17.3. The van der Waals surface area contributed by atoms with E-state index < -0.39 is 54.6 Å². The zero-order chi connectivity index (χ0) is 34.9. The largest absolute Gasteiger partial charge is 0.573 e. The fourth-order valence-corrected chi connectivity index (χ4v) is 5.13. The number of benzene rings is 3. The monoisotopic (exact) mass is 705 g/mol. The van der Waals surface area contributed by atoms with Gasteiger partial charge in [-0.05, 0) is 60.4 Å². The first kappa shape index (κ1) is 36.8. The molecule has 16 heteroatoms. The number of alkyl carbamates (subject to hydrolysis) is 1. The van der Waals surface area contributed by atoms with Crippen molar-refractivity contribution in [2.24, 2.45) is 0 Å². The molecule has 0 aromatic heterocycles. The maximum Gasteiger partial charge on any atom is 0.573 e. The maximum absolute atomic E-state index is 15.0. The van der Waals surface area contributed by atoms with Gasteiger partial charge in [0.05, 0.1) is 18.8 Å². The van der Waals surface area contributed by atoms with E-state index in [0.717, 1.165) is 12.1 Å². The molecule has 3 N–H and O–H groups in total. The lowest BCUT2D eigenvalue weighted by Crippen LogP contribution is -2.49. The summed E-state index contributed by atoms with van der Waals surface area (Å²) in [6.45, 7) is -1.35. The van der Waals surface area contributed by atoms with Gasteiger partial charge in [0.2, 0.25) is 5.91 Å². The molecule has 1 aliphatic heterocycles. The molecule has 3 aromatic carbocycles. The second-order valence-electron chi connectivity index (χ2n) is 10.9. The van der Waals surface area contributed by atoms with Crippen LogP contribution in [0, 0.1) is 5.82 Å². The summed E-state index contributed by atoms with van der Waals surface area (Å²) in [6.07, 6.45) is -10.6. The predicted molar refractivity (Wildman–Crippen MR) is 161 cm³/mol. The van der Waals surface area contributed by atoms with Crippen molar-refractivity contribution < 1.29 is 54.5 Å². The Labute approximate surface area is 275 Å². The highest BCUT2D eigenvalue weighted by molar-refractivity contribution is 6.30. The Morgan fingerprint density at radius 3 is 2.25 bits per heavy atom. The molecule has 2 amide bonds. The van der Waals surface area contributed by atoms with Crippen LogP contribution < -0.4 is 20.7 Å². The number of rotatable bonds is 12. The van der Waals surface area contributed by atoms with E-state index in [1.807, 2.05) is 0 Å². The van der Waals surface area contributed by atoms with Crippen LogP contribution in [-0.2, 0) is 20.7 Å². The van der Waals surface area contributed by atoms with E-state index in [0.29, 0.717) is 29.1 Å². The number of hydrogen-bond donors (Lipinski definition) is 3. The first-order chi connectivity index (χ1) is 22.6. The first-order valence-corrected chi connectivity index (χ1v) is 15.0. The molecule has 0 spiro atoms. The third kappa shape index (κ3) is 11.9. The fraction of sp³-hybridized carbons (Fsp3) is 0.375. The molecule has 1 aliphatic rings. The highest BCUT2D eigenvalue weighted by atomic mass is 35.5. The number of alkyl halides is 6. The Balaban J connectivity index is 1.35. The number of amides is 2. The summed E-state index contributed by atoms with van der Waals surface area (Å²) in [5.74, 6) is -2.03. The quantitative estimate of drug-likeness (QED) is 0.174. The minimum atomic E-state index is -4.86. The van der Waals surface area contributed by atoms with E-state index in [-0.39, 0.29) is 43.4 Å². The van der Waals surface area contributed by atoms with Crippen LogP contribution in [0.5, 0.6) is 5.75 Å². The maximum atomic E-state index is 15.0. The Morgan fingerprint density at radius 2 is 1.65 bits per heavy atom. The Hall–Kier alpha value is -4.08. The molecule has 260 valence electrons. The predicted octanol–water partition coefficient (Wildman–Crippen LogP) is 7.12. The van der Waals surface area contributed by atoms with Crippen molar-refractivity contribution in [3.05, 3.63) is 94.3 Å². The van der Waals surface area contributed by atoms with Crippen LogP contribution in [0.25, 0.3) is 0 Å². The van der Waals surface area contributed by atoms with E-state index in [2.05, 4.69) is 15.4 Å². The number of halogens is 8. The second-order valence-corrected chi connectivity index (χ2v) is 11.3. The summed E-state index contributed by atoms with van der Waals surface area (Å²) < 4.78 is 104. The molecule has 1 saturated heterocycles. The second kappa shape index (κ2) is 16.3. The number of nitrogens with one attached hydrogen (secondary N) is 3. The minimum absolute atomic E-state index is 0.0908. The third-order valence-corrected chi connectivity index (χ3v) is 7.56. The summed E-state index contributed by atoms with van der Waals surface area (Å²) in [6, 6.07) is 15.6. The van der Waals surface area contributed by atoms with Crippen LogP contribution in [0.2, 0.25) is 5.02 Å². The summed E-state index contributed by atoms with van der Waals surface area (Å²) in [5, 5.41) is 7.89. The number of carbonyl (C=O) groups excluding carboxylic acids is 2. The van der Waals surface area contributed by atoms with Gasteiger partial charge in [-0.1, -0.05) is 41.9 Å². The van der Waals surface area contributed by atoms with Gasteiger partial charge >= 0.3 is 18.6 Å². The van der Waals surface area contributed by atoms with Crippen molar-refractivity contribution in [3.8, 4) is 5.75 Å². The van der Waals surface area contributed by atoms with Crippen LogP contribution in [0.15, 0.2) is 66.7 Å². The fourth-order valence-electron chi connectivity index (χ4n) is 5.01.